The number of aromatic nitrogens is 1. The van der Waals surface area contributed by atoms with Crippen LogP contribution in [0.15, 0.2) is 21.6 Å². The van der Waals surface area contributed by atoms with Crippen molar-refractivity contribution in [1.29, 1.82) is 0 Å². The van der Waals surface area contributed by atoms with Gasteiger partial charge in [-0.05, 0) is 47.9 Å². The second-order valence-electron chi connectivity index (χ2n) is 6.29. The summed E-state index contributed by atoms with van der Waals surface area (Å²) < 4.78 is 27.4. The maximum Gasteiger partial charge on any atom is 0.244 e. The van der Waals surface area contributed by atoms with Crippen LogP contribution < -0.4 is 15.8 Å². The van der Waals surface area contributed by atoms with E-state index in [-0.39, 0.29) is 29.6 Å². The van der Waals surface area contributed by atoms with Gasteiger partial charge in [0.2, 0.25) is 15.9 Å². The van der Waals surface area contributed by atoms with Gasteiger partial charge >= 0.3 is 0 Å². The van der Waals surface area contributed by atoms with E-state index in [4.69, 9.17) is 5.73 Å². The summed E-state index contributed by atoms with van der Waals surface area (Å²) in [7, 11) is -3.81. The van der Waals surface area contributed by atoms with Crippen LogP contribution >= 0.6 is 15.9 Å². The molecule has 0 bridgehead atoms. The Balaban J connectivity index is 1.71. The number of nitrogens with two attached hydrogens (primary N) is 1. The number of nitrogens with zero attached hydrogens (tertiary/aromatic N) is 2. The first-order chi connectivity index (χ1) is 12.4. The third kappa shape index (κ3) is 6.82. The quantitative estimate of drug-likeness (QED) is 0.548. The third-order valence-corrected chi connectivity index (χ3v) is 6.15. The lowest BCUT2D eigenvalue weighted by molar-refractivity contribution is -0.120. The minimum atomic E-state index is -3.81. The number of nitrogen functional groups attached to an aromatic ring is 1. The highest BCUT2D eigenvalue weighted by Crippen LogP contribution is 2.20. The molecule has 2 rings (SSSR count). The Morgan fingerprint density at radius 1 is 1.23 bits per heavy atom. The Hall–Kier alpha value is -1.23. The Kier molecular flexibility index (Phi) is 8.26. The first kappa shape index (κ1) is 21.1. The standard InChI is InChI=1S/C16H26BrN5O3S/c17-13-11-14(16(18)20-12-13)26(24,25)21-6-5-15(23)19-7-10-22-8-3-1-2-4-9-22/h11-12,21H,1-10H2,(H2,18,20)(H,19,23). The molecule has 26 heavy (non-hydrogen) atoms. The number of carbonyl (C=O) groups is 1. The van der Waals surface area contributed by atoms with E-state index in [0.29, 0.717) is 11.0 Å². The van der Waals surface area contributed by atoms with Crippen LogP contribution in [-0.2, 0) is 14.8 Å². The average Bonchev–Trinajstić information content (AvgIpc) is 2.85. The number of hydrogen-bond acceptors (Lipinski definition) is 6. The highest BCUT2D eigenvalue weighted by Gasteiger charge is 2.19. The Bertz CT molecular complexity index is 706. The smallest absolute Gasteiger partial charge is 0.244 e. The highest BCUT2D eigenvalue weighted by molar-refractivity contribution is 9.10. The molecular formula is C16H26BrN5O3S. The van der Waals surface area contributed by atoms with Crippen molar-refractivity contribution in [1.82, 2.24) is 19.9 Å². The zero-order valence-electron chi connectivity index (χ0n) is 14.7. The van der Waals surface area contributed by atoms with Crippen molar-refractivity contribution in [3.63, 3.8) is 0 Å². The van der Waals surface area contributed by atoms with Crippen molar-refractivity contribution in [3.05, 3.63) is 16.7 Å². The fourth-order valence-electron chi connectivity index (χ4n) is 2.82. The maximum absolute atomic E-state index is 12.2. The normalized spacial score (nSPS) is 16.2. The summed E-state index contributed by atoms with van der Waals surface area (Å²) in [4.78, 5) is 18.0. The molecule has 0 aliphatic carbocycles. The zero-order valence-corrected chi connectivity index (χ0v) is 17.1. The number of rotatable bonds is 8. The molecule has 0 saturated carbocycles. The number of pyridine rings is 1. The van der Waals surface area contributed by atoms with Gasteiger partial charge in [0.15, 0.2) is 0 Å². The number of sulfonamides is 1. The highest BCUT2D eigenvalue weighted by atomic mass is 79.9. The molecule has 10 heteroatoms. The predicted octanol–water partition coefficient (Wildman–Crippen LogP) is 1.09. The number of amides is 1. The zero-order chi connectivity index (χ0) is 19.0. The summed E-state index contributed by atoms with van der Waals surface area (Å²) in [5.74, 6) is -0.259. The molecule has 1 fully saturated rings. The summed E-state index contributed by atoms with van der Waals surface area (Å²) in [6.07, 6.45) is 6.47. The molecule has 0 radical (unpaired) electrons. The minimum absolute atomic E-state index is 0.00380. The van der Waals surface area contributed by atoms with E-state index in [1.165, 1.54) is 37.9 Å². The number of hydrogen-bond donors (Lipinski definition) is 3. The van der Waals surface area contributed by atoms with Gasteiger partial charge in [0.05, 0.1) is 0 Å². The summed E-state index contributed by atoms with van der Waals surface area (Å²) in [6.45, 7) is 3.57. The van der Waals surface area contributed by atoms with Crippen LogP contribution in [0.5, 0.6) is 0 Å². The Morgan fingerprint density at radius 2 is 1.92 bits per heavy atom. The van der Waals surface area contributed by atoms with Crippen LogP contribution in [0, 0.1) is 0 Å². The molecule has 1 aromatic heterocycles. The molecule has 0 spiro atoms. The predicted molar refractivity (Wildman–Crippen MR) is 104 cm³/mol. The minimum Gasteiger partial charge on any atom is -0.383 e. The van der Waals surface area contributed by atoms with Gasteiger partial charge < -0.3 is 16.0 Å². The van der Waals surface area contributed by atoms with Gasteiger partial charge in [-0.25, -0.2) is 18.1 Å². The number of nitrogens with one attached hydrogen (secondary N) is 2. The van der Waals surface area contributed by atoms with Crippen LogP contribution in [0.25, 0.3) is 0 Å². The van der Waals surface area contributed by atoms with Gasteiger partial charge in [0, 0.05) is 36.7 Å². The molecule has 1 aliphatic heterocycles. The van der Waals surface area contributed by atoms with Gasteiger partial charge in [0.25, 0.3) is 0 Å². The van der Waals surface area contributed by atoms with Crippen molar-refractivity contribution < 1.29 is 13.2 Å². The molecule has 1 aromatic rings. The molecule has 2 heterocycles. The fourth-order valence-corrected chi connectivity index (χ4v) is 4.44. The molecule has 0 unspecified atom stereocenters. The van der Waals surface area contributed by atoms with E-state index >= 15 is 0 Å². The van der Waals surface area contributed by atoms with E-state index in [1.54, 1.807) is 0 Å². The van der Waals surface area contributed by atoms with Crippen molar-refractivity contribution in [3.8, 4) is 0 Å². The van der Waals surface area contributed by atoms with E-state index < -0.39 is 10.0 Å². The number of likely N-dealkylation sites (tertiary alicyclic amines) is 1. The first-order valence-electron chi connectivity index (χ1n) is 8.78. The summed E-state index contributed by atoms with van der Waals surface area (Å²) in [6, 6.07) is 1.38. The number of anilines is 1. The second-order valence-corrected chi connectivity index (χ2v) is 8.94. The van der Waals surface area contributed by atoms with Crippen molar-refractivity contribution in [2.45, 2.75) is 37.0 Å². The summed E-state index contributed by atoms with van der Waals surface area (Å²) >= 11 is 3.17. The monoisotopic (exact) mass is 447 g/mol. The first-order valence-corrected chi connectivity index (χ1v) is 11.1. The van der Waals surface area contributed by atoms with Gasteiger partial charge in [-0.2, -0.15) is 0 Å². The van der Waals surface area contributed by atoms with E-state index in [1.807, 2.05) is 0 Å². The molecule has 146 valence electrons. The lowest BCUT2D eigenvalue weighted by Gasteiger charge is -2.19. The molecule has 1 amide bonds. The SMILES string of the molecule is Nc1ncc(Br)cc1S(=O)(=O)NCCC(=O)NCCN1CCCCCC1. The molecule has 1 aliphatic rings. The van der Waals surface area contributed by atoms with Gasteiger partial charge in [-0.15, -0.1) is 0 Å². The van der Waals surface area contributed by atoms with Crippen LogP contribution in [0.1, 0.15) is 32.1 Å². The summed E-state index contributed by atoms with van der Waals surface area (Å²) in [5, 5.41) is 2.84. The molecule has 8 nitrogen and oxygen atoms in total. The van der Waals surface area contributed by atoms with E-state index in [2.05, 4.69) is 35.9 Å². The van der Waals surface area contributed by atoms with E-state index in [0.717, 1.165) is 19.6 Å². The molecule has 1 saturated heterocycles. The van der Waals surface area contributed by atoms with Crippen molar-refractivity contribution in [2.24, 2.45) is 0 Å². The van der Waals surface area contributed by atoms with Crippen LogP contribution in [0.4, 0.5) is 5.82 Å². The topological polar surface area (TPSA) is 117 Å². The number of halogens is 1. The Labute approximate surface area is 163 Å². The van der Waals surface area contributed by atoms with Crippen LogP contribution in [0.3, 0.4) is 0 Å². The molecular weight excluding hydrogens is 422 g/mol. The third-order valence-electron chi connectivity index (χ3n) is 4.23. The van der Waals surface area contributed by atoms with Crippen LogP contribution in [0.2, 0.25) is 0 Å². The van der Waals surface area contributed by atoms with Crippen molar-refractivity contribution in [2.75, 3.05) is 38.5 Å². The lowest BCUT2D eigenvalue weighted by Crippen LogP contribution is -2.37. The maximum atomic E-state index is 12.2. The van der Waals surface area contributed by atoms with Gasteiger partial charge in [-0.3, -0.25) is 4.79 Å². The van der Waals surface area contributed by atoms with E-state index in [9.17, 15) is 13.2 Å². The molecule has 4 N–H and O–H groups in total. The van der Waals surface area contributed by atoms with Gasteiger partial charge in [-0.1, -0.05) is 12.8 Å². The fraction of sp³-hybridized carbons (Fsp3) is 0.625. The Morgan fingerprint density at radius 3 is 2.62 bits per heavy atom. The second kappa shape index (κ2) is 10.2. The molecule has 0 aromatic carbocycles. The number of carbonyl (C=O) groups excluding carboxylic acids is 1. The summed E-state index contributed by atoms with van der Waals surface area (Å²) in [5.41, 5.74) is 5.62. The lowest BCUT2D eigenvalue weighted by atomic mass is 10.2. The van der Waals surface area contributed by atoms with Gasteiger partial charge in [0.1, 0.15) is 10.7 Å². The average molecular weight is 448 g/mol. The molecule has 0 atom stereocenters. The van der Waals surface area contributed by atoms with Crippen LogP contribution in [-0.4, -0.2) is 56.9 Å². The largest absolute Gasteiger partial charge is 0.383 e. The van der Waals surface area contributed by atoms with Crippen molar-refractivity contribution >= 4 is 37.7 Å².